The van der Waals surface area contributed by atoms with Crippen LogP contribution in [0.1, 0.15) is 25.8 Å². The van der Waals surface area contributed by atoms with E-state index >= 15 is 0 Å². The average molecular weight is 248 g/mol. The number of hydrogen-bond donors (Lipinski definition) is 0. The summed E-state index contributed by atoms with van der Waals surface area (Å²) in [7, 11) is 0. The predicted molar refractivity (Wildman–Crippen MR) is 64.8 cm³/mol. The van der Waals surface area contributed by atoms with Gasteiger partial charge in [0, 0.05) is 6.42 Å². The summed E-state index contributed by atoms with van der Waals surface area (Å²) in [6.07, 6.45) is 0.282. The molecular formula is C14H16O4. The first-order valence-electron chi connectivity index (χ1n) is 5.99. The third-order valence-corrected chi connectivity index (χ3v) is 3.11. The molecule has 0 bridgehead atoms. The number of ether oxygens (including phenoxy) is 2. The summed E-state index contributed by atoms with van der Waals surface area (Å²) in [4.78, 5) is 23.3. The van der Waals surface area contributed by atoms with Gasteiger partial charge in [0.15, 0.2) is 6.10 Å². The third-order valence-electron chi connectivity index (χ3n) is 3.11. The van der Waals surface area contributed by atoms with Crippen LogP contribution in [0, 0.1) is 0 Å². The monoisotopic (exact) mass is 248 g/mol. The van der Waals surface area contributed by atoms with Crippen LogP contribution in [0.3, 0.4) is 0 Å². The maximum Gasteiger partial charge on any atom is 0.351 e. The lowest BCUT2D eigenvalue weighted by Crippen LogP contribution is -2.51. The lowest BCUT2D eigenvalue weighted by Gasteiger charge is -2.33. The van der Waals surface area contributed by atoms with E-state index in [1.54, 1.807) is 6.92 Å². The summed E-state index contributed by atoms with van der Waals surface area (Å²) >= 11 is 0. The molecule has 0 spiro atoms. The first-order valence-corrected chi connectivity index (χ1v) is 5.99. The van der Waals surface area contributed by atoms with E-state index in [0.717, 1.165) is 5.56 Å². The Balaban J connectivity index is 2.03. The molecule has 0 aromatic heterocycles. The van der Waals surface area contributed by atoms with Crippen molar-refractivity contribution < 1.29 is 19.1 Å². The van der Waals surface area contributed by atoms with Crippen LogP contribution in [-0.2, 0) is 25.5 Å². The van der Waals surface area contributed by atoms with Gasteiger partial charge in [0.1, 0.15) is 0 Å². The Hall–Kier alpha value is -1.84. The lowest BCUT2D eigenvalue weighted by molar-refractivity contribution is -0.208. The van der Waals surface area contributed by atoms with Crippen molar-refractivity contribution in [2.75, 3.05) is 0 Å². The zero-order valence-electron chi connectivity index (χ0n) is 10.5. The van der Waals surface area contributed by atoms with E-state index in [1.165, 1.54) is 6.92 Å². The summed E-state index contributed by atoms with van der Waals surface area (Å²) in [6.45, 7) is 3.11. The highest BCUT2D eigenvalue weighted by molar-refractivity contribution is 5.89. The van der Waals surface area contributed by atoms with Crippen LogP contribution in [0.2, 0.25) is 0 Å². The minimum Gasteiger partial charge on any atom is -0.448 e. The van der Waals surface area contributed by atoms with E-state index in [9.17, 15) is 9.59 Å². The van der Waals surface area contributed by atoms with E-state index in [4.69, 9.17) is 9.47 Å². The molecule has 1 aromatic carbocycles. The molecule has 18 heavy (non-hydrogen) atoms. The van der Waals surface area contributed by atoms with E-state index in [2.05, 4.69) is 0 Å². The summed E-state index contributed by atoms with van der Waals surface area (Å²) in [5.41, 5.74) is -0.0689. The van der Waals surface area contributed by atoms with Gasteiger partial charge < -0.3 is 9.47 Å². The highest BCUT2D eigenvalue weighted by Gasteiger charge is 2.45. The molecule has 0 radical (unpaired) electrons. The van der Waals surface area contributed by atoms with Crippen molar-refractivity contribution in [2.45, 2.75) is 38.4 Å². The molecule has 1 fully saturated rings. The summed E-state index contributed by atoms with van der Waals surface area (Å²) in [6, 6.07) is 9.75. The van der Waals surface area contributed by atoms with Crippen LogP contribution >= 0.6 is 0 Å². The standard InChI is InChI=1S/C14H16O4/c1-10-12(15)18-14(2,13(16)17-10)9-8-11-6-4-3-5-7-11/h3-7,10H,8-9H2,1-2H3. The van der Waals surface area contributed by atoms with Crippen molar-refractivity contribution in [1.82, 2.24) is 0 Å². The highest BCUT2D eigenvalue weighted by Crippen LogP contribution is 2.26. The number of benzene rings is 1. The van der Waals surface area contributed by atoms with Crippen LogP contribution in [0.5, 0.6) is 0 Å². The van der Waals surface area contributed by atoms with Gasteiger partial charge >= 0.3 is 11.9 Å². The summed E-state index contributed by atoms with van der Waals surface area (Å²) in [5, 5.41) is 0. The lowest BCUT2D eigenvalue weighted by atomic mass is 9.95. The molecule has 0 aliphatic carbocycles. The minimum absolute atomic E-state index is 0.425. The molecule has 1 aromatic rings. The fourth-order valence-corrected chi connectivity index (χ4v) is 1.86. The molecule has 2 unspecified atom stereocenters. The molecule has 0 saturated carbocycles. The Labute approximate surface area is 106 Å². The van der Waals surface area contributed by atoms with Crippen LogP contribution < -0.4 is 0 Å². The van der Waals surface area contributed by atoms with Crippen LogP contribution in [0.15, 0.2) is 30.3 Å². The molecule has 1 aliphatic heterocycles. The first kappa shape index (κ1) is 12.6. The second-order valence-corrected chi connectivity index (χ2v) is 4.69. The molecule has 2 atom stereocenters. The molecule has 96 valence electrons. The zero-order chi connectivity index (χ0) is 13.2. The molecule has 0 amide bonds. The number of rotatable bonds is 3. The molecule has 2 rings (SSSR count). The van der Waals surface area contributed by atoms with Gasteiger partial charge in [0.25, 0.3) is 0 Å². The molecule has 1 heterocycles. The van der Waals surface area contributed by atoms with Gasteiger partial charge in [-0.15, -0.1) is 0 Å². The SMILES string of the molecule is CC1OC(=O)C(C)(CCc2ccccc2)OC1=O. The van der Waals surface area contributed by atoms with Crippen molar-refractivity contribution in [3.63, 3.8) is 0 Å². The molecule has 1 aliphatic rings. The molecule has 4 heteroatoms. The Morgan fingerprint density at radius 2 is 1.89 bits per heavy atom. The largest absolute Gasteiger partial charge is 0.448 e. The Kier molecular flexibility index (Phi) is 3.36. The van der Waals surface area contributed by atoms with E-state index in [1.807, 2.05) is 30.3 Å². The van der Waals surface area contributed by atoms with Crippen LogP contribution in [0.25, 0.3) is 0 Å². The van der Waals surface area contributed by atoms with Gasteiger partial charge in [0.05, 0.1) is 0 Å². The fraction of sp³-hybridized carbons (Fsp3) is 0.429. The second-order valence-electron chi connectivity index (χ2n) is 4.69. The molecule has 1 saturated heterocycles. The Morgan fingerprint density at radius 3 is 2.56 bits per heavy atom. The predicted octanol–water partition coefficient (Wildman–Crippen LogP) is 1.87. The van der Waals surface area contributed by atoms with E-state index in [-0.39, 0.29) is 0 Å². The normalized spacial score (nSPS) is 27.6. The van der Waals surface area contributed by atoms with Gasteiger partial charge in [-0.2, -0.15) is 0 Å². The smallest absolute Gasteiger partial charge is 0.351 e. The van der Waals surface area contributed by atoms with Crippen molar-refractivity contribution in [1.29, 1.82) is 0 Å². The van der Waals surface area contributed by atoms with Crippen LogP contribution in [-0.4, -0.2) is 23.6 Å². The quantitative estimate of drug-likeness (QED) is 0.766. The zero-order valence-corrected chi connectivity index (χ0v) is 10.5. The molecule has 0 N–H and O–H groups in total. The molecule has 4 nitrogen and oxygen atoms in total. The third kappa shape index (κ3) is 2.53. The highest BCUT2D eigenvalue weighted by atomic mass is 16.7. The van der Waals surface area contributed by atoms with Crippen molar-refractivity contribution in [2.24, 2.45) is 0 Å². The maximum absolute atomic E-state index is 11.8. The summed E-state index contributed by atoms with van der Waals surface area (Å²) < 4.78 is 10.2. The van der Waals surface area contributed by atoms with Gasteiger partial charge in [-0.3, -0.25) is 0 Å². The van der Waals surface area contributed by atoms with E-state index < -0.39 is 23.6 Å². The van der Waals surface area contributed by atoms with Gasteiger partial charge in [0.2, 0.25) is 5.60 Å². The number of carbonyl (C=O) groups excluding carboxylic acids is 2. The van der Waals surface area contributed by atoms with E-state index in [0.29, 0.717) is 12.8 Å². The fourth-order valence-electron chi connectivity index (χ4n) is 1.86. The number of aryl methyl sites for hydroxylation is 1. The Morgan fingerprint density at radius 1 is 1.22 bits per heavy atom. The first-order chi connectivity index (χ1) is 8.51. The minimum atomic E-state index is -1.17. The van der Waals surface area contributed by atoms with Crippen LogP contribution in [0.4, 0.5) is 0 Å². The summed E-state index contributed by atoms with van der Waals surface area (Å²) in [5.74, 6) is -0.948. The van der Waals surface area contributed by atoms with Crippen molar-refractivity contribution in [3.05, 3.63) is 35.9 Å². The van der Waals surface area contributed by atoms with Gasteiger partial charge in [-0.1, -0.05) is 30.3 Å². The maximum atomic E-state index is 11.8. The topological polar surface area (TPSA) is 52.6 Å². The Bertz CT molecular complexity index is 454. The number of hydrogen-bond acceptors (Lipinski definition) is 4. The second kappa shape index (κ2) is 4.80. The number of cyclic esters (lactones) is 2. The van der Waals surface area contributed by atoms with Gasteiger partial charge in [-0.25, -0.2) is 9.59 Å². The molecular weight excluding hydrogens is 232 g/mol. The average Bonchev–Trinajstić information content (AvgIpc) is 2.36. The van der Waals surface area contributed by atoms with Crippen molar-refractivity contribution in [3.8, 4) is 0 Å². The van der Waals surface area contributed by atoms with Crippen molar-refractivity contribution >= 4 is 11.9 Å². The van der Waals surface area contributed by atoms with Gasteiger partial charge in [-0.05, 0) is 25.8 Å². The number of carbonyl (C=O) groups is 2. The number of esters is 2.